The molecule has 0 aliphatic heterocycles. The third-order valence-corrected chi connectivity index (χ3v) is 5.45. The molecule has 2 aromatic carbocycles. The van der Waals surface area contributed by atoms with E-state index in [0.717, 1.165) is 12.8 Å². The van der Waals surface area contributed by atoms with Gasteiger partial charge in [-0.2, -0.15) is 0 Å². The fourth-order valence-electron chi connectivity index (χ4n) is 4.04. The van der Waals surface area contributed by atoms with Crippen LogP contribution in [0.4, 0.5) is 0 Å². The van der Waals surface area contributed by atoms with E-state index in [1.165, 1.54) is 23.0 Å². The summed E-state index contributed by atoms with van der Waals surface area (Å²) >= 11 is 0. The molecule has 26 heavy (non-hydrogen) atoms. The Hall–Kier alpha value is -2.82. The number of carbonyl (C=O) groups is 1. The predicted octanol–water partition coefficient (Wildman–Crippen LogP) is 3.22. The Balaban J connectivity index is 1.49. The Kier molecular flexibility index (Phi) is 4.37. The molecule has 1 aliphatic carbocycles. The van der Waals surface area contributed by atoms with Gasteiger partial charge in [-0.3, -0.25) is 9.36 Å². The summed E-state index contributed by atoms with van der Waals surface area (Å²) in [5.41, 5.74) is 2.43. The fraction of sp³-hybridized carbons (Fsp3) is 0.333. The molecule has 1 aromatic heterocycles. The second kappa shape index (κ2) is 6.83. The van der Waals surface area contributed by atoms with E-state index in [1.54, 1.807) is 18.2 Å². The summed E-state index contributed by atoms with van der Waals surface area (Å²) in [5, 5.41) is 3.05. The summed E-state index contributed by atoms with van der Waals surface area (Å²) in [6.45, 7) is 0.571. The Bertz CT molecular complexity index is 966. The first-order valence-corrected chi connectivity index (χ1v) is 9.09. The van der Waals surface area contributed by atoms with Gasteiger partial charge >= 0.3 is 5.76 Å². The number of rotatable bonds is 5. The monoisotopic (exact) mass is 350 g/mol. The van der Waals surface area contributed by atoms with E-state index in [4.69, 9.17) is 4.42 Å². The minimum absolute atomic E-state index is 0.000343. The maximum absolute atomic E-state index is 12.5. The molecule has 0 atom stereocenters. The normalized spacial score (nSPS) is 16.0. The van der Waals surface area contributed by atoms with Crippen LogP contribution in [0.25, 0.3) is 11.1 Å². The maximum Gasteiger partial charge on any atom is 0.420 e. The van der Waals surface area contributed by atoms with Crippen molar-refractivity contribution in [1.82, 2.24) is 9.88 Å². The summed E-state index contributed by atoms with van der Waals surface area (Å²) in [7, 11) is 0. The van der Waals surface area contributed by atoms with Gasteiger partial charge in [0.05, 0.1) is 5.52 Å². The number of fused-ring (bicyclic) bond motifs is 1. The zero-order chi connectivity index (χ0) is 18.0. The highest BCUT2D eigenvalue weighted by Gasteiger charge is 2.35. The Morgan fingerprint density at radius 1 is 1.04 bits per heavy atom. The summed E-state index contributed by atoms with van der Waals surface area (Å²) < 4.78 is 6.58. The number of hydrogen-bond acceptors (Lipinski definition) is 3. The van der Waals surface area contributed by atoms with Crippen LogP contribution < -0.4 is 11.1 Å². The Morgan fingerprint density at radius 3 is 2.50 bits per heavy atom. The molecular weight excluding hydrogens is 328 g/mol. The molecule has 1 saturated carbocycles. The van der Waals surface area contributed by atoms with Crippen molar-refractivity contribution in [3.05, 3.63) is 70.7 Å². The van der Waals surface area contributed by atoms with Gasteiger partial charge in [-0.1, -0.05) is 55.3 Å². The van der Waals surface area contributed by atoms with Crippen molar-refractivity contribution >= 4 is 17.0 Å². The average molecular weight is 350 g/mol. The average Bonchev–Trinajstić information content (AvgIpc) is 3.27. The van der Waals surface area contributed by atoms with Crippen LogP contribution in [0.1, 0.15) is 31.2 Å². The van der Waals surface area contributed by atoms with Crippen LogP contribution in [-0.2, 0) is 16.8 Å². The van der Waals surface area contributed by atoms with Crippen molar-refractivity contribution in [3.8, 4) is 0 Å². The van der Waals surface area contributed by atoms with Crippen LogP contribution in [0.5, 0.6) is 0 Å². The van der Waals surface area contributed by atoms with E-state index in [9.17, 15) is 9.59 Å². The van der Waals surface area contributed by atoms with Crippen molar-refractivity contribution in [3.63, 3.8) is 0 Å². The van der Waals surface area contributed by atoms with E-state index >= 15 is 0 Å². The lowest BCUT2D eigenvalue weighted by Gasteiger charge is -2.30. The number of para-hydroxylation sites is 2. The molecule has 1 amide bonds. The molecule has 0 saturated heterocycles. The van der Waals surface area contributed by atoms with E-state index in [0.29, 0.717) is 17.6 Å². The molecule has 1 heterocycles. The molecule has 0 unspecified atom stereocenters. The number of carbonyl (C=O) groups excluding carboxylic acids is 1. The van der Waals surface area contributed by atoms with Crippen LogP contribution in [0, 0.1) is 0 Å². The van der Waals surface area contributed by atoms with Gasteiger partial charge in [0.2, 0.25) is 5.91 Å². The minimum atomic E-state index is -0.500. The lowest BCUT2D eigenvalue weighted by Crippen LogP contribution is -2.41. The van der Waals surface area contributed by atoms with Crippen LogP contribution in [0.3, 0.4) is 0 Å². The SMILES string of the molecule is O=C(Cn1c(=O)oc2ccccc21)NCC1(c2ccccc2)CCCC1. The molecule has 1 N–H and O–H groups in total. The molecule has 5 heteroatoms. The van der Waals surface area contributed by atoms with E-state index in [2.05, 4.69) is 17.4 Å². The van der Waals surface area contributed by atoms with E-state index in [1.807, 2.05) is 24.3 Å². The van der Waals surface area contributed by atoms with Gasteiger partial charge < -0.3 is 9.73 Å². The molecule has 5 nitrogen and oxygen atoms in total. The predicted molar refractivity (Wildman–Crippen MR) is 100 cm³/mol. The standard InChI is InChI=1S/C21H22N2O3/c24-19(14-23-17-10-4-5-11-18(17)26-20(23)25)22-15-21(12-6-7-13-21)16-8-2-1-3-9-16/h1-5,8-11H,6-7,12-15H2,(H,22,24). The summed E-state index contributed by atoms with van der Waals surface area (Å²) in [4.78, 5) is 24.6. The quantitative estimate of drug-likeness (QED) is 0.768. The third-order valence-electron chi connectivity index (χ3n) is 5.45. The number of benzene rings is 2. The zero-order valence-corrected chi connectivity index (χ0v) is 14.6. The molecule has 4 rings (SSSR count). The molecule has 1 aliphatic rings. The van der Waals surface area contributed by atoms with Crippen LogP contribution >= 0.6 is 0 Å². The first kappa shape index (κ1) is 16.6. The van der Waals surface area contributed by atoms with Gasteiger partial charge in [0.1, 0.15) is 6.54 Å². The lowest BCUT2D eigenvalue weighted by molar-refractivity contribution is -0.122. The topological polar surface area (TPSA) is 64.2 Å². The summed E-state index contributed by atoms with van der Waals surface area (Å²) in [6, 6.07) is 17.6. The highest BCUT2D eigenvalue weighted by atomic mass is 16.4. The first-order valence-electron chi connectivity index (χ1n) is 9.09. The second-order valence-electron chi connectivity index (χ2n) is 7.05. The molecule has 3 aromatic rings. The lowest BCUT2D eigenvalue weighted by atomic mass is 9.79. The fourth-order valence-corrected chi connectivity index (χ4v) is 4.04. The van der Waals surface area contributed by atoms with Crippen molar-refractivity contribution in [2.75, 3.05) is 6.54 Å². The number of aromatic nitrogens is 1. The minimum Gasteiger partial charge on any atom is -0.408 e. The number of nitrogens with zero attached hydrogens (tertiary/aromatic N) is 1. The number of amides is 1. The zero-order valence-electron chi connectivity index (χ0n) is 14.6. The molecule has 0 radical (unpaired) electrons. The van der Waals surface area contributed by atoms with E-state index in [-0.39, 0.29) is 17.9 Å². The Labute approximate surface area is 151 Å². The second-order valence-corrected chi connectivity index (χ2v) is 7.05. The first-order chi connectivity index (χ1) is 12.7. The molecule has 1 fully saturated rings. The summed E-state index contributed by atoms with van der Waals surface area (Å²) in [5.74, 6) is -0.666. The van der Waals surface area contributed by atoms with Crippen LogP contribution in [0.15, 0.2) is 63.8 Å². The van der Waals surface area contributed by atoms with Crippen molar-refractivity contribution < 1.29 is 9.21 Å². The van der Waals surface area contributed by atoms with Gasteiger partial charge in [0.25, 0.3) is 0 Å². The highest BCUT2D eigenvalue weighted by molar-refractivity contribution is 5.79. The molecule has 0 bridgehead atoms. The Morgan fingerprint density at radius 2 is 1.73 bits per heavy atom. The highest BCUT2D eigenvalue weighted by Crippen LogP contribution is 2.40. The number of nitrogens with one attached hydrogen (secondary N) is 1. The van der Waals surface area contributed by atoms with Gasteiger partial charge in [0, 0.05) is 12.0 Å². The van der Waals surface area contributed by atoms with Gasteiger partial charge in [-0.25, -0.2) is 4.79 Å². The van der Waals surface area contributed by atoms with Crippen LogP contribution in [0.2, 0.25) is 0 Å². The van der Waals surface area contributed by atoms with Crippen molar-refractivity contribution in [2.45, 2.75) is 37.6 Å². The molecule has 0 spiro atoms. The van der Waals surface area contributed by atoms with Crippen LogP contribution in [-0.4, -0.2) is 17.0 Å². The third kappa shape index (κ3) is 3.05. The van der Waals surface area contributed by atoms with Gasteiger partial charge in [-0.05, 0) is 30.5 Å². The summed E-state index contributed by atoms with van der Waals surface area (Å²) in [6.07, 6.45) is 4.50. The number of oxazole rings is 1. The molecular formula is C21H22N2O3. The number of hydrogen-bond donors (Lipinski definition) is 1. The smallest absolute Gasteiger partial charge is 0.408 e. The molecule has 134 valence electrons. The largest absolute Gasteiger partial charge is 0.420 e. The van der Waals surface area contributed by atoms with Gasteiger partial charge in [-0.15, -0.1) is 0 Å². The maximum atomic E-state index is 12.5. The van der Waals surface area contributed by atoms with Crippen molar-refractivity contribution in [2.24, 2.45) is 0 Å². The van der Waals surface area contributed by atoms with Gasteiger partial charge in [0.15, 0.2) is 5.58 Å². The van der Waals surface area contributed by atoms with E-state index < -0.39 is 5.76 Å². The van der Waals surface area contributed by atoms with Crippen molar-refractivity contribution in [1.29, 1.82) is 0 Å².